The van der Waals surface area contributed by atoms with Crippen molar-refractivity contribution in [2.75, 3.05) is 11.1 Å². The predicted octanol–water partition coefficient (Wildman–Crippen LogP) is 2.00. The Labute approximate surface area is 103 Å². The molecule has 0 aliphatic rings. The molecule has 5 nitrogen and oxygen atoms in total. The lowest BCUT2D eigenvalue weighted by Gasteiger charge is -2.04. The Bertz CT molecular complexity index is 586. The normalized spacial score (nSPS) is 10.4. The number of hydrogen-bond donors (Lipinski definition) is 3. The third kappa shape index (κ3) is 2.32. The zero-order chi connectivity index (χ0) is 13.3. The number of rotatable bonds is 2. The first-order chi connectivity index (χ1) is 8.47. The number of carbonyl (C=O) groups is 1. The van der Waals surface area contributed by atoms with Gasteiger partial charge in [0.05, 0.1) is 0 Å². The van der Waals surface area contributed by atoms with Gasteiger partial charge in [-0.25, -0.2) is 4.39 Å². The molecule has 0 fully saturated rings. The SMILES string of the molecule is Cc1[nH]nc(NC(=O)c2cc(N)cc(F)c2)c1C. The Morgan fingerprint density at radius 3 is 2.67 bits per heavy atom. The van der Waals surface area contributed by atoms with Crippen LogP contribution >= 0.6 is 0 Å². The number of aromatic nitrogens is 2. The van der Waals surface area contributed by atoms with E-state index < -0.39 is 11.7 Å². The lowest BCUT2D eigenvalue weighted by atomic mass is 10.2. The number of aromatic amines is 1. The summed E-state index contributed by atoms with van der Waals surface area (Å²) in [5.74, 6) is -0.564. The van der Waals surface area contributed by atoms with Crippen LogP contribution in [-0.2, 0) is 0 Å². The smallest absolute Gasteiger partial charge is 0.257 e. The molecule has 0 radical (unpaired) electrons. The molecular weight excluding hydrogens is 235 g/mol. The highest BCUT2D eigenvalue weighted by Gasteiger charge is 2.12. The van der Waals surface area contributed by atoms with Crippen LogP contribution in [0, 0.1) is 19.7 Å². The number of hydrogen-bond acceptors (Lipinski definition) is 3. The zero-order valence-corrected chi connectivity index (χ0v) is 10.0. The summed E-state index contributed by atoms with van der Waals surface area (Å²) in [5, 5.41) is 9.29. The topological polar surface area (TPSA) is 83.8 Å². The Morgan fingerprint density at radius 1 is 1.39 bits per heavy atom. The molecular formula is C12H13FN4O. The van der Waals surface area contributed by atoms with Crippen LogP contribution in [0.5, 0.6) is 0 Å². The van der Waals surface area contributed by atoms with Gasteiger partial charge in [0.15, 0.2) is 5.82 Å². The number of anilines is 2. The Morgan fingerprint density at radius 2 is 2.11 bits per heavy atom. The van der Waals surface area contributed by atoms with Crippen LogP contribution in [-0.4, -0.2) is 16.1 Å². The summed E-state index contributed by atoms with van der Waals surface area (Å²) in [7, 11) is 0. The van der Waals surface area contributed by atoms with Crippen LogP contribution in [0.25, 0.3) is 0 Å². The van der Waals surface area contributed by atoms with Crippen molar-refractivity contribution < 1.29 is 9.18 Å². The summed E-state index contributed by atoms with van der Waals surface area (Å²) in [4.78, 5) is 11.9. The van der Waals surface area contributed by atoms with Gasteiger partial charge in [-0.05, 0) is 32.0 Å². The number of nitrogen functional groups attached to an aromatic ring is 1. The summed E-state index contributed by atoms with van der Waals surface area (Å²) < 4.78 is 13.1. The third-order valence-corrected chi connectivity index (χ3v) is 2.67. The van der Waals surface area contributed by atoms with Gasteiger partial charge in [0.25, 0.3) is 5.91 Å². The van der Waals surface area contributed by atoms with Crippen molar-refractivity contribution in [2.45, 2.75) is 13.8 Å². The van der Waals surface area contributed by atoms with Crippen molar-refractivity contribution in [1.29, 1.82) is 0 Å². The number of carbonyl (C=O) groups excluding carboxylic acids is 1. The fourth-order valence-corrected chi connectivity index (χ4v) is 1.53. The van der Waals surface area contributed by atoms with Crippen LogP contribution in [0.4, 0.5) is 15.9 Å². The molecule has 4 N–H and O–H groups in total. The molecule has 0 aliphatic carbocycles. The third-order valence-electron chi connectivity index (χ3n) is 2.67. The maximum atomic E-state index is 13.1. The molecule has 0 saturated heterocycles. The molecule has 94 valence electrons. The first kappa shape index (κ1) is 12.1. The molecule has 1 aromatic carbocycles. The van der Waals surface area contributed by atoms with Gasteiger partial charge in [0.2, 0.25) is 0 Å². The van der Waals surface area contributed by atoms with E-state index in [1.807, 2.05) is 13.8 Å². The highest BCUT2D eigenvalue weighted by atomic mass is 19.1. The van der Waals surface area contributed by atoms with Crippen LogP contribution < -0.4 is 11.1 Å². The number of benzene rings is 1. The van der Waals surface area contributed by atoms with Gasteiger partial charge in [-0.3, -0.25) is 9.89 Å². The van der Waals surface area contributed by atoms with Crippen molar-refractivity contribution in [2.24, 2.45) is 0 Å². The van der Waals surface area contributed by atoms with Gasteiger partial charge in [-0.15, -0.1) is 0 Å². The van der Waals surface area contributed by atoms with E-state index in [-0.39, 0.29) is 11.3 Å². The molecule has 0 aliphatic heterocycles. The fourth-order valence-electron chi connectivity index (χ4n) is 1.53. The summed E-state index contributed by atoms with van der Waals surface area (Å²) in [6, 6.07) is 3.69. The number of nitrogens with two attached hydrogens (primary N) is 1. The van der Waals surface area contributed by atoms with Gasteiger partial charge in [-0.1, -0.05) is 0 Å². The fraction of sp³-hybridized carbons (Fsp3) is 0.167. The summed E-state index contributed by atoms with van der Waals surface area (Å²) >= 11 is 0. The number of aryl methyl sites for hydroxylation is 1. The average molecular weight is 248 g/mol. The van der Waals surface area contributed by atoms with E-state index in [2.05, 4.69) is 15.5 Å². The lowest BCUT2D eigenvalue weighted by molar-refractivity contribution is 0.102. The average Bonchev–Trinajstić information content (AvgIpc) is 2.59. The van der Waals surface area contributed by atoms with Gasteiger partial charge >= 0.3 is 0 Å². The van der Waals surface area contributed by atoms with E-state index in [0.717, 1.165) is 23.4 Å². The Balaban J connectivity index is 2.24. The minimum Gasteiger partial charge on any atom is -0.399 e. The van der Waals surface area contributed by atoms with Gasteiger partial charge < -0.3 is 11.1 Å². The standard InChI is InChI=1S/C12H13FN4O/c1-6-7(2)16-17-11(6)15-12(18)8-3-9(13)5-10(14)4-8/h3-5H,14H2,1-2H3,(H2,15,16,17,18). The molecule has 1 heterocycles. The summed E-state index contributed by atoms with van der Waals surface area (Å²) in [5.41, 5.74) is 7.55. The van der Waals surface area contributed by atoms with Crippen LogP contribution in [0.15, 0.2) is 18.2 Å². The maximum absolute atomic E-state index is 13.1. The summed E-state index contributed by atoms with van der Waals surface area (Å²) in [6.07, 6.45) is 0. The van der Waals surface area contributed by atoms with Crippen molar-refractivity contribution in [3.8, 4) is 0 Å². The molecule has 0 unspecified atom stereocenters. The van der Waals surface area contributed by atoms with E-state index in [1.54, 1.807) is 0 Å². The van der Waals surface area contributed by atoms with Gasteiger partial charge in [0, 0.05) is 22.5 Å². The molecule has 6 heteroatoms. The number of nitrogens with one attached hydrogen (secondary N) is 2. The van der Waals surface area contributed by atoms with Crippen molar-refractivity contribution in [3.05, 3.63) is 40.8 Å². The zero-order valence-electron chi connectivity index (χ0n) is 10.0. The van der Waals surface area contributed by atoms with E-state index in [9.17, 15) is 9.18 Å². The molecule has 0 atom stereocenters. The van der Waals surface area contributed by atoms with Crippen LogP contribution in [0.3, 0.4) is 0 Å². The molecule has 2 rings (SSSR count). The van der Waals surface area contributed by atoms with Crippen LogP contribution in [0.2, 0.25) is 0 Å². The number of amides is 1. The molecule has 18 heavy (non-hydrogen) atoms. The van der Waals surface area contributed by atoms with E-state index in [1.165, 1.54) is 6.07 Å². The van der Waals surface area contributed by atoms with Crippen LogP contribution in [0.1, 0.15) is 21.6 Å². The predicted molar refractivity (Wildman–Crippen MR) is 66.8 cm³/mol. The second-order valence-electron chi connectivity index (χ2n) is 4.05. The van der Waals surface area contributed by atoms with Crippen molar-refractivity contribution >= 4 is 17.4 Å². The Kier molecular flexibility index (Phi) is 3.01. The highest BCUT2D eigenvalue weighted by Crippen LogP contribution is 2.16. The lowest BCUT2D eigenvalue weighted by Crippen LogP contribution is -2.13. The Hall–Kier alpha value is -2.37. The molecule has 0 saturated carbocycles. The van der Waals surface area contributed by atoms with Gasteiger partial charge in [-0.2, -0.15) is 5.10 Å². The number of H-pyrrole nitrogens is 1. The maximum Gasteiger partial charge on any atom is 0.257 e. The number of halogens is 1. The van der Waals surface area contributed by atoms with E-state index in [4.69, 9.17) is 5.73 Å². The highest BCUT2D eigenvalue weighted by molar-refractivity contribution is 6.04. The molecule has 0 bridgehead atoms. The van der Waals surface area contributed by atoms with Crippen molar-refractivity contribution in [3.63, 3.8) is 0 Å². The second kappa shape index (κ2) is 4.48. The monoisotopic (exact) mass is 248 g/mol. The van der Waals surface area contributed by atoms with Crippen molar-refractivity contribution in [1.82, 2.24) is 10.2 Å². The largest absolute Gasteiger partial charge is 0.399 e. The minimum absolute atomic E-state index is 0.160. The number of nitrogens with zero attached hydrogens (tertiary/aromatic N) is 1. The van der Waals surface area contributed by atoms with Gasteiger partial charge in [0.1, 0.15) is 5.82 Å². The first-order valence-electron chi connectivity index (χ1n) is 5.36. The quantitative estimate of drug-likeness (QED) is 0.711. The first-order valence-corrected chi connectivity index (χ1v) is 5.36. The molecule has 1 amide bonds. The molecule has 2 aromatic rings. The van der Waals surface area contributed by atoms with E-state index >= 15 is 0 Å². The minimum atomic E-state index is -0.546. The molecule has 0 spiro atoms. The molecule has 1 aromatic heterocycles. The summed E-state index contributed by atoms with van der Waals surface area (Å²) in [6.45, 7) is 3.67. The van der Waals surface area contributed by atoms with E-state index in [0.29, 0.717) is 5.82 Å². The second-order valence-corrected chi connectivity index (χ2v) is 4.05.